The van der Waals surface area contributed by atoms with Crippen LogP contribution in [-0.2, 0) is 11.2 Å². The first-order valence-electron chi connectivity index (χ1n) is 11.4. The molecule has 3 aromatic rings. The van der Waals surface area contributed by atoms with Gasteiger partial charge >= 0.3 is 6.03 Å². The molecule has 3 amide bonds. The Hall–Kier alpha value is -3.54. The minimum Gasteiger partial charge on any atom is -0.361 e. The Morgan fingerprint density at radius 3 is 2.62 bits per heavy atom. The first-order chi connectivity index (χ1) is 15.7. The number of benzene rings is 2. The van der Waals surface area contributed by atoms with Crippen LogP contribution >= 0.6 is 0 Å². The van der Waals surface area contributed by atoms with Gasteiger partial charge in [-0.05, 0) is 54.2 Å². The molecule has 6 rings (SSSR count). The first kappa shape index (κ1) is 19.2. The number of H-pyrrole nitrogens is 1. The molecule has 1 fully saturated rings. The van der Waals surface area contributed by atoms with Crippen LogP contribution in [0.15, 0.2) is 60.8 Å². The highest BCUT2D eigenvalue weighted by molar-refractivity contribution is 6.01. The molecule has 0 bridgehead atoms. The zero-order valence-electron chi connectivity index (χ0n) is 17.9. The first-order valence-corrected chi connectivity index (χ1v) is 11.4. The second-order valence-electron chi connectivity index (χ2n) is 8.97. The third-order valence-corrected chi connectivity index (χ3v) is 7.04. The summed E-state index contributed by atoms with van der Waals surface area (Å²) in [4.78, 5) is 34.0. The summed E-state index contributed by atoms with van der Waals surface area (Å²) in [6, 6.07) is 15.5. The van der Waals surface area contributed by atoms with Crippen molar-refractivity contribution in [1.82, 2.24) is 14.8 Å². The molecule has 0 unspecified atom stereocenters. The number of anilines is 1. The topological polar surface area (TPSA) is 68.4 Å². The summed E-state index contributed by atoms with van der Waals surface area (Å²) in [5.74, 6) is -0.186. The third-order valence-electron chi connectivity index (χ3n) is 7.04. The van der Waals surface area contributed by atoms with Gasteiger partial charge in [-0.2, -0.15) is 0 Å². The molecule has 6 heteroatoms. The van der Waals surface area contributed by atoms with E-state index in [1.165, 1.54) is 10.9 Å². The van der Waals surface area contributed by atoms with Crippen molar-refractivity contribution in [2.75, 3.05) is 25.0 Å². The number of aromatic amines is 1. The van der Waals surface area contributed by atoms with Gasteiger partial charge in [-0.15, -0.1) is 0 Å². The highest BCUT2D eigenvalue weighted by Crippen LogP contribution is 2.41. The monoisotopic (exact) mass is 426 g/mol. The van der Waals surface area contributed by atoms with E-state index in [9.17, 15) is 9.59 Å². The van der Waals surface area contributed by atoms with Crippen LogP contribution in [0.3, 0.4) is 0 Å². The number of nitrogens with one attached hydrogen (secondary N) is 2. The van der Waals surface area contributed by atoms with E-state index in [0.29, 0.717) is 6.54 Å². The van der Waals surface area contributed by atoms with E-state index in [1.54, 1.807) is 0 Å². The van der Waals surface area contributed by atoms with Crippen LogP contribution in [0, 0.1) is 5.92 Å². The standard InChI is InChI=1S/C26H26N4O2/c31-25(29-11-4-5-12-29)18-13-21-20-9-6-10-22-24(20)17(15-27-22)14-23(21)30(16-18)26(32)28-19-7-2-1-3-8-19/h1-3,6-10,13,15,18,23,27H,4-5,11-12,14,16H2,(H,28,32)/t18-,23+/m0/s1. The lowest BCUT2D eigenvalue weighted by molar-refractivity contribution is -0.133. The van der Waals surface area contributed by atoms with Crippen LogP contribution in [0.2, 0.25) is 0 Å². The fraction of sp³-hybridized carbons (Fsp3) is 0.308. The van der Waals surface area contributed by atoms with Gasteiger partial charge in [0.05, 0.1) is 12.0 Å². The van der Waals surface area contributed by atoms with E-state index >= 15 is 0 Å². The molecule has 32 heavy (non-hydrogen) atoms. The van der Waals surface area contributed by atoms with Gasteiger partial charge in [-0.3, -0.25) is 4.79 Å². The molecule has 1 aromatic heterocycles. The molecule has 0 spiro atoms. The Morgan fingerprint density at radius 1 is 1.00 bits per heavy atom. The molecule has 2 aliphatic heterocycles. The number of hydrogen-bond donors (Lipinski definition) is 2. The average Bonchev–Trinajstić information content (AvgIpc) is 3.50. The fourth-order valence-electron chi connectivity index (χ4n) is 5.51. The van der Waals surface area contributed by atoms with Crippen molar-refractivity contribution in [3.05, 3.63) is 71.9 Å². The van der Waals surface area contributed by atoms with E-state index in [0.717, 1.165) is 54.7 Å². The van der Waals surface area contributed by atoms with Crippen molar-refractivity contribution < 1.29 is 9.59 Å². The van der Waals surface area contributed by atoms with Crippen LogP contribution in [0.25, 0.3) is 16.5 Å². The molecular weight excluding hydrogens is 400 g/mol. The molecule has 6 nitrogen and oxygen atoms in total. The van der Waals surface area contributed by atoms with Gasteiger partial charge < -0.3 is 20.1 Å². The second-order valence-corrected chi connectivity index (χ2v) is 8.97. The summed E-state index contributed by atoms with van der Waals surface area (Å²) in [6.45, 7) is 2.03. The van der Waals surface area contributed by atoms with Crippen molar-refractivity contribution in [3.63, 3.8) is 0 Å². The van der Waals surface area contributed by atoms with E-state index in [2.05, 4.69) is 34.7 Å². The summed E-state index contributed by atoms with van der Waals surface area (Å²) in [5, 5.41) is 4.26. The lowest BCUT2D eigenvalue weighted by atomic mass is 9.79. The number of carbonyl (C=O) groups is 2. The Kier molecular flexibility index (Phi) is 4.52. The normalized spacial score (nSPS) is 21.9. The maximum absolute atomic E-state index is 13.5. The predicted octanol–water partition coefficient (Wildman–Crippen LogP) is 4.26. The number of hydrogen-bond acceptors (Lipinski definition) is 2. The number of fused-ring (bicyclic) bond motifs is 2. The zero-order chi connectivity index (χ0) is 21.7. The minimum absolute atomic E-state index is 0.0877. The number of para-hydroxylation sites is 1. The summed E-state index contributed by atoms with van der Waals surface area (Å²) >= 11 is 0. The average molecular weight is 427 g/mol. The minimum atomic E-state index is -0.323. The summed E-state index contributed by atoms with van der Waals surface area (Å²) < 4.78 is 0. The molecule has 2 aromatic carbocycles. The number of rotatable bonds is 2. The summed E-state index contributed by atoms with van der Waals surface area (Å²) in [7, 11) is 0. The second kappa shape index (κ2) is 7.55. The smallest absolute Gasteiger partial charge is 0.322 e. The summed E-state index contributed by atoms with van der Waals surface area (Å²) in [6.07, 6.45) is 7.06. The molecule has 3 aliphatic rings. The van der Waals surface area contributed by atoms with Crippen LogP contribution in [0.4, 0.5) is 10.5 Å². The van der Waals surface area contributed by atoms with E-state index in [-0.39, 0.29) is 23.9 Å². The van der Waals surface area contributed by atoms with Gasteiger partial charge in [0.15, 0.2) is 0 Å². The van der Waals surface area contributed by atoms with Crippen LogP contribution < -0.4 is 5.32 Å². The molecular formula is C26H26N4O2. The molecule has 162 valence electrons. The van der Waals surface area contributed by atoms with Crippen LogP contribution in [0.5, 0.6) is 0 Å². The number of urea groups is 1. The molecule has 2 N–H and O–H groups in total. The van der Waals surface area contributed by atoms with Crippen molar-refractivity contribution in [2.24, 2.45) is 5.92 Å². The van der Waals surface area contributed by atoms with Gasteiger partial charge in [-0.1, -0.05) is 36.4 Å². The molecule has 0 saturated carbocycles. The van der Waals surface area contributed by atoms with E-state index in [1.807, 2.05) is 46.2 Å². The number of amides is 3. The van der Waals surface area contributed by atoms with Crippen molar-refractivity contribution in [1.29, 1.82) is 0 Å². The number of carbonyl (C=O) groups excluding carboxylic acids is 2. The Balaban J connectivity index is 1.40. The fourth-order valence-corrected chi connectivity index (χ4v) is 5.51. The Labute approximate surface area is 186 Å². The predicted molar refractivity (Wildman–Crippen MR) is 125 cm³/mol. The van der Waals surface area contributed by atoms with Crippen molar-refractivity contribution in [3.8, 4) is 0 Å². The van der Waals surface area contributed by atoms with E-state index < -0.39 is 0 Å². The Morgan fingerprint density at radius 2 is 1.81 bits per heavy atom. The molecule has 3 heterocycles. The van der Waals surface area contributed by atoms with Gasteiger partial charge in [-0.25, -0.2) is 4.79 Å². The lowest BCUT2D eigenvalue weighted by Gasteiger charge is -2.42. The highest BCUT2D eigenvalue weighted by Gasteiger charge is 2.40. The molecule has 1 aliphatic carbocycles. The van der Waals surface area contributed by atoms with Gasteiger partial charge in [0.1, 0.15) is 0 Å². The number of aromatic nitrogens is 1. The maximum atomic E-state index is 13.5. The quantitative estimate of drug-likeness (QED) is 0.643. The molecule has 0 radical (unpaired) electrons. The third kappa shape index (κ3) is 3.09. The van der Waals surface area contributed by atoms with Gasteiger partial charge in [0.25, 0.3) is 0 Å². The highest BCUT2D eigenvalue weighted by atomic mass is 16.2. The SMILES string of the molecule is O=C([C@H]1C=C2c3cccc4[nH]cc(c34)C[C@H]2N(C(=O)Nc2ccccc2)C1)N1CCCC1. The van der Waals surface area contributed by atoms with Crippen LogP contribution in [-0.4, -0.2) is 52.4 Å². The summed E-state index contributed by atoms with van der Waals surface area (Å²) in [5.41, 5.74) is 5.31. The van der Waals surface area contributed by atoms with Crippen molar-refractivity contribution >= 4 is 34.1 Å². The van der Waals surface area contributed by atoms with E-state index in [4.69, 9.17) is 0 Å². The largest absolute Gasteiger partial charge is 0.361 e. The lowest BCUT2D eigenvalue weighted by Crippen LogP contribution is -2.52. The zero-order valence-corrected chi connectivity index (χ0v) is 17.9. The van der Waals surface area contributed by atoms with Crippen LogP contribution in [0.1, 0.15) is 24.0 Å². The number of likely N-dealkylation sites (tertiary alicyclic amines) is 1. The van der Waals surface area contributed by atoms with Gasteiger partial charge in [0, 0.05) is 42.4 Å². The Bertz CT molecular complexity index is 1220. The molecule has 2 atom stereocenters. The molecule has 1 saturated heterocycles. The van der Waals surface area contributed by atoms with Gasteiger partial charge in [0.2, 0.25) is 5.91 Å². The van der Waals surface area contributed by atoms with Crippen molar-refractivity contribution in [2.45, 2.75) is 25.3 Å². The maximum Gasteiger partial charge on any atom is 0.322 e. The number of nitrogens with zero attached hydrogens (tertiary/aromatic N) is 2.